The van der Waals surface area contributed by atoms with Gasteiger partial charge in [0, 0.05) is 30.2 Å². The molecule has 2 heterocycles. The highest BCUT2D eigenvalue weighted by Gasteiger charge is 2.39. The Morgan fingerprint density at radius 3 is 2.17 bits per heavy atom. The number of anilines is 1. The van der Waals surface area contributed by atoms with Crippen molar-refractivity contribution in [1.82, 2.24) is 9.88 Å². The van der Waals surface area contributed by atoms with Gasteiger partial charge in [0.2, 0.25) is 0 Å². The molecule has 0 atom stereocenters. The molecule has 0 radical (unpaired) electrons. The smallest absolute Gasteiger partial charge is 0.317 e. The third kappa shape index (κ3) is 5.73. The average Bonchev–Trinajstić information content (AvgIpc) is 3.07. The van der Waals surface area contributed by atoms with Crippen molar-refractivity contribution in [2.24, 2.45) is 5.92 Å². The topological polar surface area (TPSA) is 36.4 Å². The third-order valence-corrected chi connectivity index (χ3v) is 6.75. The summed E-state index contributed by atoms with van der Waals surface area (Å²) in [6.07, 6.45) is 15.0. The summed E-state index contributed by atoms with van der Waals surface area (Å²) in [6, 6.07) is 4.43. The van der Waals surface area contributed by atoms with Crippen LogP contribution in [0.15, 0.2) is 18.3 Å². The molecule has 1 aliphatic heterocycles. The lowest BCUT2D eigenvalue weighted by atomic mass is 9.89. The Kier molecular flexibility index (Phi) is 7.59. The van der Waals surface area contributed by atoms with E-state index in [0.29, 0.717) is 11.8 Å². The molecule has 2 fully saturated rings. The highest BCUT2D eigenvalue weighted by atomic mass is 16.2. The van der Waals surface area contributed by atoms with E-state index in [0.717, 1.165) is 25.2 Å². The Morgan fingerprint density at radius 2 is 1.62 bits per heavy atom. The Hall–Kier alpha value is -1.58. The summed E-state index contributed by atoms with van der Waals surface area (Å²) in [5.41, 5.74) is 2.06. The van der Waals surface area contributed by atoms with E-state index in [1.807, 2.05) is 16.0 Å². The molecule has 0 bridgehead atoms. The summed E-state index contributed by atoms with van der Waals surface area (Å²) in [7, 11) is 0. The van der Waals surface area contributed by atoms with Crippen LogP contribution >= 0.6 is 0 Å². The quantitative estimate of drug-likeness (QED) is 0.548. The summed E-state index contributed by atoms with van der Waals surface area (Å²) in [6.45, 7) is 10.4. The second kappa shape index (κ2) is 9.95. The number of nitrogens with zero attached hydrogens (tertiary/aromatic N) is 3. The van der Waals surface area contributed by atoms with Crippen LogP contribution in [0, 0.1) is 5.92 Å². The van der Waals surface area contributed by atoms with E-state index in [9.17, 15) is 4.79 Å². The Labute approximate surface area is 178 Å². The number of carbonyl (C=O) groups is 1. The second-order valence-electron chi connectivity index (χ2n) is 10.2. The number of carbonyl (C=O) groups excluding carboxylic acids is 1. The van der Waals surface area contributed by atoms with Crippen LogP contribution in [0.5, 0.6) is 0 Å². The predicted octanol–water partition coefficient (Wildman–Crippen LogP) is 6.76. The second-order valence-corrected chi connectivity index (χ2v) is 10.2. The van der Waals surface area contributed by atoms with E-state index in [1.54, 1.807) is 0 Å². The van der Waals surface area contributed by atoms with Crippen LogP contribution in [0.4, 0.5) is 10.5 Å². The maximum Gasteiger partial charge on any atom is 0.325 e. The van der Waals surface area contributed by atoms with Crippen LogP contribution in [-0.2, 0) is 0 Å². The van der Waals surface area contributed by atoms with Crippen molar-refractivity contribution in [1.29, 1.82) is 0 Å². The molecular weight excluding hydrogens is 358 g/mol. The fourth-order valence-corrected chi connectivity index (χ4v) is 5.35. The Bertz CT molecular complexity index is 643. The highest BCUT2D eigenvalue weighted by Crippen LogP contribution is 2.32. The number of aromatic nitrogens is 1. The van der Waals surface area contributed by atoms with Crippen molar-refractivity contribution in [3.63, 3.8) is 0 Å². The third-order valence-electron chi connectivity index (χ3n) is 6.75. The van der Waals surface area contributed by atoms with Crippen LogP contribution < -0.4 is 4.90 Å². The molecule has 1 saturated heterocycles. The van der Waals surface area contributed by atoms with Crippen molar-refractivity contribution >= 4 is 11.7 Å². The molecule has 4 heteroatoms. The van der Waals surface area contributed by atoms with Gasteiger partial charge in [-0.15, -0.1) is 0 Å². The zero-order valence-electron chi connectivity index (χ0n) is 19.1. The predicted molar refractivity (Wildman–Crippen MR) is 122 cm³/mol. The Morgan fingerprint density at radius 1 is 1.00 bits per heavy atom. The van der Waals surface area contributed by atoms with Crippen LogP contribution in [-0.4, -0.2) is 34.5 Å². The molecule has 29 heavy (non-hydrogen) atoms. The average molecular weight is 400 g/mol. The minimum atomic E-state index is -0.108. The van der Waals surface area contributed by atoms with E-state index < -0.39 is 0 Å². The largest absolute Gasteiger partial charge is 0.325 e. The molecule has 1 aromatic heterocycles. The van der Waals surface area contributed by atoms with Gasteiger partial charge in [-0.3, -0.25) is 9.88 Å². The first-order valence-corrected chi connectivity index (χ1v) is 11.9. The van der Waals surface area contributed by atoms with Crippen LogP contribution in [0.1, 0.15) is 104 Å². The van der Waals surface area contributed by atoms with Gasteiger partial charge in [-0.1, -0.05) is 58.8 Å². The first-order chi connectivity index (χ1) is 13.9. The molecule has 162 valence electrons. The highest BCUT2D eigenvalue weighted by molar-refractivity contribution is 5.94. The summed E-state index contributed by atoms with van der Waals surface area (Å²) >= 11 is 0. The lowest BCUT2D eigenvalue weighted by molar-refractivity contribution is 0.144. The maximum absolute atomic E-state index is 13.1. The molecule has 0 spiro atoms. The van der Waals surface area contributed by atoms with Gasteiger partial charge in [-0.25, -0.2) is 4.79 Å². The van der Waals surface area contributed by atoms with Crippen LogP contribution in [0.3, 0.4) is 0 Å². The van der Waals surface area contributed by atoms with Crippen molar-refractivity contribution in [2.75, 3.05) is 18.0 Å². The van der Waals surface area contributed by atoms with E-state index in [4.69, 9.17) is 4.98 Å². The normalized spacial score (nSPS) is 20.5. The number of urea groups is 1. The summed E-state index contributed by atoms with van der Waals surface area (Å²) < 4.78 is 0. The molecule has 0 unspecified atom stereocenters. The van der Waals surface area contributed by atoms with Gasteiger partial charge >= 0.3 is 6.03 Å². The van der Waals surface area contributed by atoms with Gasteiger partial charge in [0.05, 0.1) is 11.9 Å². The standard InChI is InChI=1S/C25H41N3O/c1-20(2)18-25(3,4)28-17-16-27(24(28)29)22-14-15-23(26-19-22)21-12-10-8-6-5-7-9-11-13-21/h14-15,19-21H,5-13,16-18H2,1-4H3. The van der Waals surface area contributed by atoms with Gasteiger partial charge in [0.25, 0.3) is 0 Å². The number of hydrogen-bond acceptors (Lipinski definition) is 2. The summed E-state index contributed by atoms with van der Waals surface area (Å²) in [5.74, 6) is 1.16. The van der Waals surface area contributed by atoms with Gasteiger partial charge in [0.15, 0.2) is 0 Å². The first kappa shape index (κ1) is 22.1. The van der Waals surface area contributed by atoms with Crippen molar-refractivity contribution in [3.05, 3.63) is 24.0 Å². The summed E-state index contributed by atoms with van der Waals surface area (Å²) in [5, 5.41) is 0. The lowest BCUT2D eigenvalue weighted by Crippen LogP contribution is -2.47. The minimum absolute atomic E-state index is 0.108. The van der Waals surface area contributed by atoms with Crippen LogP contribution in [0.25, 0.3) is 0 Å². The van der Waals surface area contributed by atoms with Crippen molar-refractivity contribution in [2.45, 2.75) is 103 Å². The molecular formula is C25H41N3O. The van der Waals surface area contributed by atoms with E-state index in [1.165, 1.54) is 63.5 Å². The van der Waals surface area contributed by atoms with Gasteiger partial charge in [-0.2, -0.15) is 0 Å². The van der Waals surface area contributed by atoms with Gasteiger partial charge in [-0.05, 0) is 51.2 Å². The first-order valence-electron chi connectivity index (χ1n) is 11.9. The summed E-state index contributed by atoms with van der Waals surface area (Å²) in [4.78, 5) is 21.9. The minimum Gasteiger partial charge on any atom is -0.317 e. The molecule has 1 saturated carbocycles. The molecule has 2 aliphatic rings. The van der Waals surface area contributed by atoms with Crippen molar-refractivity contribution < 1.29 is 4.79 Å². The monoisotopic (exact) mass is 399 g/mol. The van der Waals surface area contributed by atoms with E-state index in [2.05, 4.69) is 39.8 Å². The number of pyridine rings is 1. The van der Waals surface area contributed by atoms with Gasteiger partial charge in [0.1, 0.15) is 0 Å². The Balaban J connectivity index is 1.65. The molecule has 0 aromatic carbocycles. The molecule has 2 amide bonds. The number of amides is 2. The molecule has 1 aromatic rings. The zero-order valence-corrected chi connectivity index (χ0v) is 19.1. The molecule has 3 rings (SSSR count). The van der Waals surface area contributed by atoms with Crippen molar-refractivity contribution in [3.8, 4) is 0 Å². The van der Waals surface area contributed by atoms with Gasteiger partial charge < -0.3 is 4.90 Å². The van der Waals surface area contributed by atoms with E-state index >= 15 is 0 Å². The fraction of sp³-hybridized carbons (Fsp3) is 0.760. The number of rotatable bonds is 5. The van der Waals surface area contributed by atoms with Crippen LogP contribution in [0.2, 0.25) is 0 Å². The SMILES string of the molecule is CC(C)CC(C)(C)N1CCN(c2ccc(C3CCCCCCCCC3)nc2)C1=O. The number of hydrogen-bond donors (Lipinski definition) is 0. The molecule has 4 nitrogen and oxygen atoms in total. The lowest BCUT2D eigenvalue weighted by Gasteiger charge is -2.36. The maximum atomic E-state index is 13.1. The zero-order chi connectivity index (χ0) is 20.9. The molecule has 0 N–H and O–H groups in total. The van der Waals surface area contributed by atoms with E-state index in [-0.39, 0.29) is 11.6 Å². The fourth-order valence-electron chi connectivity index (χ4n) is 5.35. The molecule has 1 aliphatic carbocycles.